The molecular formula is C15H25F. The maximum absolute atomic E-state index is 13.8. The van der Waals surface area contributed by atoms with Crippen LogP contribution in [-0.4, -0.2) is 0 Å². The molecule has 0 bridgehead atoms. The third-order valence-electron chi connectivity index (χ3n) is 3.15. The Labute approximate surface area is 99.9 Å². The van der Waals surface area contributed by atoms with Crippen molar-refractivity contribution in [1.82, 2.24) is 0 Å². The summed E-state index contributed by atoms with van der Waals surface area (Å²) in [5, 5.41) is 0. The highest BCUT2D eigenvalue weighted by molar-refractivity contribution is 5.25. The predicted octanol–water partition coefficient (Wildman–Crippen LogP) is 5.58. The zero-order chi connectivity index (χ0) is 12.7. The third kappa shape index (κ3) is 5.29. The lowest BCUT2D eigenvalue weighted by molar-refractivity contribution is 0.585. The van der Waals surface area contributed by atoms with Crippen LogP contribution in [0.25, 0.3) is 0 Å². The lowest BCUT2D eigenvalue weighted by Gasteiger charge is -2.10. The van der Waals surface area contributed by atoms with E-state index >= 15 is 0 Å². The molecule has 0 aromatic heterocycles. The van der Waals surface area contributed by atoms with Crippen LogP contribution in [0.1, 0.15) is 54.4 Å². The molecule has 0 N–H and O–H groups in total. The van der Waals surface area contributed by atoms with Gasteiger partial charge in [0.05, 0.1) is 0 Å². The van der Waals surface area contributed by atoms with Gasteiger partial charge in [0.15, 0.2) is 0 Å². The molecule has 0 nitrogen and oxygen atoms in total. The second-order valence-electron chi connectivity index (χ2n) is 4.64. The molecule has 1 heteroatoms. The van der Waals surface area contributed by atoms with Crippen LogP contribution in [0.2, 0.25) is 0 Å². The van der Waals surface area contributed by atoms with Gasteiger partial charge >= 0.3 is 0 Å². The van der Waals surface area contributed by atoms with E-state index in [4.69, 9.17) is 0 Å². The lowest BCUT2D eigenvalue weighted by atomic mass is 9.98. The van der Waals surface area contributed by atoms with Crippen molar-refractivity contribution >= 4 is 0 Å². The van der Waals surface area contributed by atoms with Crippen molar-refractivity contribution in [3.8, 4) is 0 Å². The van der Waals surface area contributed by atoms with E-state index in [1.807, 2.05) is 20.8 Å². The Hall–Kier alpha value is -0.850. The molecule has 1 unspecified atom stereocenters. The second-order valence-corrected chi connectivity index (χ2v) is 4.64. The molecule has 0 aliphatic carbocycles. The quantitative estimate of drug-likeness (QED) is 0.422. The zero-order valence-electron chi connectivity index (χ0n) is 11.5. The molecule has 0 radical (unpaired) electrons. The fourth-order valence-corrected chi connectivity index (χ4v) is 1.46. The van der Waals surface area contributed by atoms with Crippen LogP contribution in [0.15, 0.2) is 34.7 Å². The van der Waals surface area contributed by atoms with Gasteiger partial charge < -0.3 is 0 Å². The normalized spacial score (nSPS) is 17.2. The summed E-state index contributed by atoms with van der Waals surface area (Å²) >= 11 is 0. The number of halogens is 1. The molecule has 0 aromatic carbocycles. The zero-order valence-corrected chi connectivity index (χ0v) is 11.5. The van der Waals surface area contributed by atoms with Gasteiger partial charge in [0.1, 0.15) is 5.83 Å². The van der Waals surface area contributed by atoms with Crippen LogP contribution in [0.3, 0.4) is 0 Å². The summed E-state index contributed by atoms with van der Waals surface area (Å²) in [5.74, 6) is 0.266. The molecule has 16 heavy (non-hydrogen) atoms. The molecule has 1 atom stereocenters. The first kappa shape index (κ1) is 15.2. The summed E-state index contributed by atoms with van der Waals surface area (Å²) in [7, 11) is 0. The van der Waals surface area contributed by atoms with E-state index in [0.717, 1.165) is 24.0 Å². The Balaban J connectivity index is 4.75. The van der Waals surface area contributed by atoms with E-state index < -0.39 is 0 Å². The summed E-state index contributed by atoms with van der Waals surface area (Å²) in [6.45, 7) is 12.1. The summed E-state index contributed by atoms with van der Waals surface area (Å²) in [6.07, 6.45) is 5.59. The van der Waals surface area contributed by atoms with Gasteiger partial charge in [-0.2, -0.15) is 0 Å². The first-order chi connectivity index (χ1) is 7.42. The average Bonchev–Trinajstić information content (AvgIpc) is 2.26. The van der Waals surface area contributed by atoms with Crippen molar-refractivity contribution in [2.45, 2.75) is 54.4 Å². The van der Waals surface area contributed by atoms with Crippen molar-refractivity contribution in [3.63, 3.8) is 0 Å². The Kier molecular flexibility index (Phi) is 7.03. The first-order valence-corrected chi connectivity index (χ1v) is 6.07. The Morgan fingerprint density at radius 2 is 1.75 bits per heavy atom. The van der Waals surface area contributed by atoms with Gasteiger partial charge in [0, 0.05) is 0 Å². The van der Waals surface area contributed by atoms with Crippen LogP contribution in [0.4, 0.5) is 4.39 Å². The lowest BCUT2D eigenvalue weighted by Crippen LogP contribution is -1.95. The number of rotatable bonds is 5. The van der Waals surface area contributed by atoms with E-state index in [9.17, 15) is 4.39 Å². The Morgan fingerprint density at radius 3 is 2.19 bits per heavy atom. The summed E-state index contributed by atoms with van der Waals surface area (Å²) < 4.78 is 13.8. The third-order valence-corrected chi connectivity index (χ3v) is 3.15. The summed E-state index contributed by atoms with van der Waals surface area (Å²) in [4.78, 5) is 0. The van der Waals surface area contributed by atoms with Crippen LogP contribution in [-0.2, 0) is 0 Å². The molecule has 0 rings (SSSR count). The van der Waals surface area contributed by atoms with Crippen LogP contribution < -0.4 is 0 Å². The fourth-order valence-electron chi connectivity index (χ4n) is 1.46. The molecule has 0 spiro atoms. The molecule has 0 aliphatic heterocycles. The number of hydrogen-bond donors (Lipinski definition) is 0. The van der Waals surface area contributed by atoms with Gasteiger partial charge in [-0.25, -0.2) is 4.39 Å². The molecule has 0 saturated heterocycles. The molecule has 0 aliphatic rings. The minimum absolute atomic E-state index is 0.0595. The van der Waals surface area contributed by atoms with Gasteiger partial charge in [-0.3, -0.25) is 0 Å². The van der Waals surface area contributed by atoms with E-state index in [2.05, 4.69) is 26.8 Å². The van der Waals surface area contributed by atoms with E-state index in [0.29, 0.717) is 5.92 Å². The molecule has 0 aromatic rings. The standard InChI is InChI=1S/C15H25F/c1-7-11(3)9-12(4)10-15(16)14(6)13(5)8-2/h7,10,13H,8-9H2,1-6H3/b11-7+,12-10+,15-14-. The van der Waals surface area contributed by atoms with Gasteiger partial charge in [-0.15, -0.1) is 0 Å². The van der Waals surface area contributed by atoms with Crippen molar-refractivity contribution in [3.05, 3.63) is 34.7 Å². The largest absolute Gasteiger partial charge is 0.207 e. The van der Waals surface area contributed by atoms with Gasteiger partial charge in [-0.05, 0) is 58.1 Å². The monoisotopic (exact) mass is 224 g/mol. The summed E-state index contributed by atoms with van der Waals surface area (Å²) in [6, 6.07) is 0. The minimum Gasteiger partial charge on any atom is -0.207 e. The highest BCUT2D eigenvalue weighted by atomic mass is 19.1. The van der Waals surface area contributed by atoms with Crippen molar-refractivity contribution in [2.75, 3.05) is 0 Å². The van der Waals surface area contributed by atoms with Crippen molar-refractivity contribution < 1.29 is 4.39 Å². The van der Waals surface area contributed by atoms with Crippen LogP contribution in [0.5, 0.6) is 0 Å². The Morgan fingerprint density at radius 1 is 1.19 bits per heavy atom. The smallest absolute Gasteiger partial charge is 0.122 e. The minimum atomic E-state index is -0.0595. The van der Waals surface area contributed by atoms with Crippen molar-refractivity contribution in [1.29, 1.82) is 0 Å². The van der Waals surface area contributed by atoms with E-state index in [-0.39, 0.29) is 5.83 Å². The number of hydrogen-bond acceptors (Lipinski definition) is 0. The number of allylic oxidation sites excluding steroid dienone is 6. The van der Waals surface area contributed by atoms with Gasteiger partial charge in [0.2, 0.25) is 0 Å². The highest BCUT2D eigenvalue weighted by Gasteiger charge is 2.06. The van der Waals surface area contributed by atoms with E-state index in [1.165, 1.54) is 5.57 Å². The molecule has 0 saturated carbocycles. The second kappa shape index (κ2) is 7.43. The molecule has 92 valence electrons. The van der Waals surface area contributed by atoms with Crippen LogP contribution >= 0.6 is 0 Å². The maximum Gasteiger partial charge on any atom is 0.122 e. The SMILES string of the molecule is C/C=C(\C)C/C(C)=C/C(F)=C(\C)C(C)CC. The van der Waals surface area contributed by atoms with Crippen molar-refractivity contribution in [2.24, 2.45) is 5.92 Å². The van der Waals surface area contributed by atoms with Crippen LogP contribution in [0, 0.1) is 5.92 Å². The van der Waals surface area contributed by atoms with E-state index in [1.54, 1.807) is 6.08 Å². The maximum atomic E-state index is 13.8. The van der Waals surface area contributed by atoms with Gasteiger partial charge in [0.25, 0.3) is 0 Å². The van der Waals surface area contributed by atoms with Gasteiger partial charge in [-0.1, -0.05) is 31.1 Å². The molecule has 0 heterocycles. The Bertz CT molecular complexity index is 305. The topological polar surface area (TPSA) is 0 Å². The average molecular weight is 224 g/mol. The predicted molar refractivity (Wildman–Crippen MR) is 71.1 cm³/mol. The molecular weight excluding hydrogens is 199 g/mol. The highest BCUT2D eigenvalue weighted by Crippen LogP contribution is 2.21. The first-order valence-electron chi connectivity index (χ1n) is 6.07. The fraction of sp³-hybridized carbons (Fsp3) is 0.600. The molecule has 0 fully saturated rings. The summed E-state index contributed by atoms with van der Waals surface area (Å²) in [5.41, 5.74) is 3.22. The molecule has 0 amide bonds.